The summed E-state index contributed by atoms with van der Waals surface area (Å²) in [6.07, 6.45) is 2.85. The van der Waals surface area contributed by atoms with E-state index in [0.29, 0.717) is 18.9 Å². The molecule has 0 aliphatic rings. The van der Waals surface area contributed by atoms with E-state index in [1.54, 1.807) is 4.68 Å². The van der Waals surface area contributed by atoms with Gasteiger partial charge in [0.2, 0.25) is 0 Å². The molecule has 2 aromatic rings. The molecule has 0 aliphatic heterocycles. The highest BCUT2D eigenvalue weighted by Gasteiger charge is 2.09. The molecule has 0 radical (unpaired) electrons. The van der Waals surface area contributed by atoms with Crippen LogP contribution in [0.5, 0.6) is 0 Å². The second-order valence-electron chi connectivity index (χ2n) is 3.27. The van der Waals surface area contributed by atoms with Gasteiger partial charge in [-0.3, -0.25) is 9.36 Å². The van der Waals surface area contributed by atoms with E-state index < -0.39 is 0 Å². The first-order chi connectivity index (χ1) is 8.13. The third-order valence-corrected chi connectivity index (χ3v) is 3.48. The highest BCUT2D eigenvalue weighted by atomic mass is 79.9. The van der Waals surface area contributed by atoms with E-state index in [1.807, 2.05) is 6.92 Å². The van der Waals surface area contributed by atoms with Crippen LogP contribution in [-0.2, 0) is 13.1 Å². The highest BCUT2D eigenvalue weighted by Crippen LogP contribution is 2.13. The van der Waals surface area contributed by atoms with Crippen molar-refractivity contribution in [2.24, 2.45) is 0 Å². The van der Waals surface area contributed by atoms with Crippen LogP contribution in [0.25, 0.3) is 0 Å². The minimum absolute atomic E-state index is 0.156. The van der Waals surface area contributed by atoms with E-state index in [-0.39, 0.29) is 15.2 Å². The maximum atomic E-state index is 11.8. The average Bonchev–Trinajstić information content (AvgIpc) is 2.77. The largest absolute Gasteiger partial charge is 0.290 e. The first-order valence-corrected chi connectivity index (χ1v) is 6.07. The monoisotopic (exact) mass is 317 g/mol. The first-order valence-electron chi connectivity index (χ1n) is 4.90. The summed E-state index contributed by atoms with van der Waals surface area (Å²) in [4.78, 5) is 19.8. The smallest absolute Gasteiger partial charge is 0.269 e. The zero-order valence-corrected chi connectivity index (χ0v) is 11.3. The van der Waals surface area contributed by atoms with E-state index >= 15 is 0 Å². The van der Waals surface area contributed by atoms with Gasteiger partial charge in [-0.25, -0.2) is 14.6 Å². The lowest BCUT2D eigenvalue weighted by atomic mass is 10.5. The van der Waals surface area contributed by atoms with E-state index in [2.05, 4.69) is 31.0 Å². The lowest BCUT2D eigenvalue weighted by Crippen LogP contribution is -2.23. The molecule has 0 saturated heterocycles. The third-order valence-electron chi connectivity index (χ3n) is 2.25. The Hall–Kier alpha value is -1.21. The molecule has 0 aromatic carbocycles. The van der Waals surface area contributed by atoms with Gasteiger partial charge in [0.15, 0.2) is 5.15 Å². The summed E-state index contributed by atoms with van der Waals surface area (Å²) in [5.41, 5.74) is -0.240. The molecule has 0 amide bonds. The molecule has 2 rings (SSSR count). The normalized spacial score (nSPS) is 10.8. The molecular formula is C9H9BrClN5O. The summed E-state index contributed by atoms with van der Waals surface area (Å²) in [6, 6.07) is 0. The van der Waals surface area contributed by atoms with Gasteiger partial charge in [-0.05, 0) is 22.9 Å². The van der Waals surface area contributed by atoms with Crippen molar-refractivity contribution in [3.05, 3.63) is 38.5 Å². The fourth-order valence-corrected chi connectivity index (χ4v) is 1.84. The Kier molecular flexibility index (Phi) is 3.58. The highest BCUT2D eigenvalue weighted by molar-refractivity contribution is 9.10. The summed E-state index contributed by atoms with van der Waals surface area (Å²) < 4.78 is 3.39. The average molecular weight is 319 g/mol. The van der Waals surface area contributed by atoms with E-state index in [9.17, 15) is 4.79 Å². The number of nitrogens with zero attached hydrogens (tertiary/aromatic N) is 5. The Labute approximate surface area is 110 Å². The van der Waals surface area contributed by atoms with Gasteiger partial charge in [0.25, 0.3) is 5.56 Å². The fourth-order valence-electron chi connectivity index (χ4n) is 1.38. The molecular weight excluding hydrogens is 309 g/mol. The molecule has 0 atom stereocenters. The van der Waals surface area contributed by atoms with Gasteiger partial charge in [-0.15, -0.1) is 0 Å². The SMILES string of the molecule is CCn1ncnc1Cn1cnc(Cl)c(Br)c1=O. The van der Waals surface area contributed by atoms with Gasteiger partial charge in [0.1, 0.15) is 16.6 Å². The number of rotatable bonds is 3. The standard InChI is InChI=1S/C9H9BrClN5O/c1-2-16-6(12-4-14-16)3-15-5-13-8(11)7(10)9(15)17/h4-5H,2-3H2,1H3. The minimum Gasteiger partial charge on any atom is -0.290 e. The zero-order valence-electron chi connectivity index (χ0n) is 8.97. The lowest BCUT2D eigenvalue weighted by molar-refractivity contribution is 0.581. The predicted octanol–water partition coefficient (Wildman–Crippen LogP) is 1.32. The van der Waals surface area contributed by atoms with Crippen LogP contribution in [-0.4, -0.2) is 24.3 Å². The predicted molar refractivity (Wildman–Crippen MR) is 66.0 cm³/mol. The van der Waals surface area contributed by atoms with Crippen molar-refractivity contribution in [3.63, 3.8) is 0 Å². The Balaban J connectivity index is 2.37. The summed E-state index contributed by atoms with van der Waals surface area (Å²) in [6.45, 7) is 2.97. The molecule has 0 unspecified atom stereocenters. The molecule has 8 heteroatoms. The van der Waals surface area contributed by atoms with Gasteiger partial charge < -0.3 is 0 Å². The maximum absolute atomic E-state index is 11.8. The molecule has 17 heavy (non-hydrogen) atoms. The van der Waals surface area contributed by atoms with Gasteiger partial charge in [0.05, 0.1) is 12.9 Å². The van der Waals surface area contributed by atoms with Crippen LogP contribution >= 0.6 is 27.5 Å². The molecule has 0 aliphatic carbocycles. The van der Waals surface area contributed by atoms with E-state index in [4.69, 9.17) is 11.6 Å². The van der Waals surface area contributed by atoms with Crippen molar-refractivity contribution in [1.82, 2.24) is 24.3 Å². The van der Waals surface area contributed by atoms with Crippen LogP contribution in [0.2, 0.25) is 5.15 Å². The van der Waals surface area contributed by atoms with Crippen LogP contribution in [0, 0.1) is 0 Å². The van der Waals surface area contributed by atoms with Crippen molar-refractivity contribution in [2.45, 2.75) is 20.0 Å². The lowest BCUT2D eigenvalue weighted by Gasteiger charge is -2.06. The van der Waals surface area contributed by atoms with Gasteiger partial charge in [-0.2, -0.15) is 5.10 Å². The molecule has 0 saturated carbocycles. The van der Waals surface area contributed by atoms with Crippen molar-refractivity contribution in [3.8, 4) is 0 Å². The Morgan fingerprint density at radius 1 is 1.47 bits per heavy atom. The summed E-state index contributed by atoms with van der Waals surface area (Å²) in [5.74, 6) is 0.700. The van der Waals surface area contributed by atoms with Crippen LogP contribution in [0.1, 0.15) is 12.7 Å². The Bertz CT molecular complexity index is 593. The van der Waals surface area contributed by atoms with Crippen LogP contribution < -0.4 is 5.56 Å². The fraction of sp³-hybridized carbons (Fsp3) is 0.333. The quantitative estimate of drug-likeness (QED) is 0.801. The second kappa shape index (κ2) is 4.97. The Morgan fingerprint density at radius 2 is 2.24 bits per heavy atom. The molecule has 2 heterocycles. The first kappa shape index (κ1) is 12.3. The maximum Gasteiger partial charge on any atom is 0.269 e. The van der Waals surface area contributed by atoms with Gasteiger partial charge in [-0.1, -0.05) is 11.6 Å². The molecule has 6 nitrogen and oxygen atoms in total. The molecule has 0 bridgehead atoms. The molecule has 0 spiro atoms. The Morgan fingerprint density at radius 3 is 2.94 bits per heavy atom. The second-order valence-corrected chi connectivity index (χ2v) is 4.43. The zero-order chi connectivity index (χ0) is 12.4. The third kappa shape index (κ3) is 2.39. The molecule has 0 fully saturated rings. The van der Waals surface area contributed by atoms with Gasteiger partial charge >= 0.3 is 0 Å². The number of halogens is 2. The van der Waals surface area contributed by atoms with Crippen molar-refractivity contribution < 1.29 is 0 Å². The van der Waals surface area contributed by atoms with Crippen molar-refractivity contribution in [1.29, 1.82) is 0 Å². The summed E-state index contributed by atoms with van der Waals surface area (Å²) in [5, 5.41) is 4.19. The summed E-state index contributed by atoms with van der Waals surface area (Å²) >= 11 is 8.82. The topological polar surface area (TPSA) is 65.6 Å². The minimum atomic E-state index is -0.240. The van der Waals surface area contributed by atoms with Gasteiger partial charge in [0, 0.05) is 6.54 Å². The molecule has 90 valence electrons. The van der Waals surface area contributed by atoms with E-state index in [0.717, 1.165) is 0 Å². The number of aryl methyl sites for hydroxylation is 1. The molecule has 2 aromatic heterocycles. The van der Waals surface area contributed by atoms with E-state index in [1.165, 1.54) is 17.2 Å². The van der Waals surface area contributed by atoms with Crippen LogP contribution in [0.15, 0.2) is 21.9 Å². The van der Waals surface area contributed by atoms with Crippen LogP contribution in [0.4, 0.5) is 0 Å². The summed E-state index contributed by atoms with van der Waals surface area (Å²) in [7, 11) is 0. The number of hydrogen-bond donors (Lipinski definition) is 0. The van der Waals surface area contributed by atoms with Crippen LogP contribution in [0.3, 0.4) is 0 Å². The van der Waals surface area contributed by atoms with Crippen molar-refractivity contribution >= 4 is 27.5 Å². The molecule has 0 N–H and O–H groups in total. The number of aromatic nitrogens is 5. The van der Waals surface area contributed by atoms with Crippen molar-refractivity contribution in [2.75, 3.05) is 0 Å². The number of hydrogen-bond acceptors (Lipinski definition) is 4.